The van der Waals surface area contributed by atoms with Crippen LogP contribution in [0.1, 0.15) is 122 Å². The molecule has 0 unspecified atom stereocenters. The summed E-state index contributed by atoms with van der Waals surface area (Å²) in [7, 11) is 0. The summed E-state index contributed by atoms with van der Waals surface area (Å²) in [6.07, 6.45) is 24.3. The molecule has 8 atom stereocenters. The molecule has 3 fully saturated rings. The minimum atomic E-state index is 0.171. The van der Waals surface area contributed by atoms with Crippen LogP contribution in [0.5, 0.6) is 0 Å². The molecular formula is C42H57N2O+. The van der Waals surface area contributed by atoms with Gasteiger partial charge in [-0.05, 0) is 108 Å². The molecule has 0 N–H and O–H groups in total. The second kappa shape index (κ2) is 12.2. The van der Waals surface area contributed by atoms with Crippen molar-refractivity contribution in [1.82, 2.24) is 4.57 Å². The standard InChI is InChI=1S/C42H57N2O/c1-29(2)9-8-10-30(3)37-17-18-38-36-16-15-34-26-35(19-21-41(34,4)39(36)20-22-42(37,38)5)44-24-23-43(28-44)27-40(45)33-14-13-31-11-6-7-12-32(31)25-33/h6-7,11-15,23-25,28-30,35-39H,8-10,16-22,26-27H2,1-5H3/q+1/t30-,35+,36+,37-,38+,39+,41+,42-/m1/s1. The van der Waals surface area contributed by atoms with Gasteiger partial charge in [0.15, 0.2) is 6.54 Å². The fourth-order valence-electron chi connectivity index (χ4n) is 11.3. The van der Waals surface area contributed by atoms with Gasteiger partial charge in [0, 0.05) is 12.0 Å². The second-order valence-electron chi connectivity index (χ2n) is 16.7. The molecule has 1 heterocycles. The maximum absolute atomic E-state index is 13.2. The highest BCUT2D eigenvalue weighted by Gasteiger charge is 2.59. The van der Waals surface area contributed by atoms with Gasteiger partial charge in [-0.1, -0.05) is 102 Å². The number of imidazole rings is 1. The van der Waals surface area contributed by atoms with E-state index in [1.165, 1.54) is 76.0 Å². The van der Waals surface area contributed by atoms with E-state index in [1.54, 1.807) is 5.57 Å². The lowest BCUT2D eigenvalue weighted by Crippen LogP contribution is -2.50. The summed E-state index contributed by atoms with van der Waals surface area (Å²) in [6.45, 7) is 13.1. The van der Waals surface area contributed by atoms with Gasteiger partial charge in [-0.2, -0.15) is 0 Å². The average Bonchev–Trinajstić information content (AvgIpc) is 3.64. The monoisotopic (exact) mass is 605 g/mol. The lowest BCUT2D eigenvalue weighted by molar-refractivity contribution is -0.682. The molecule has 3 nitrogen and oxygen atoms in total. The number of aromatic nitrogens is 2. The summed E-state index contributed by atoms with van der Waals surface area (Å²) in [5.74, 6) is 5.48. The number of rotatable bonds is 9. The molecule has 0 spiro atoms. The van der Waals surface area contributed by atoms with Crippen molar-refractivity contribution in [3.8, 4) is 0 Å². The van der Waals surface area contributed by atoms with Crippen LogP contribution in [0.25, 0.3) is 10.8 Å². The molecule has 0 saturated heterocycles. The highest BCUT2D eigenvalue weighted by molar-refractivity contribution is 5.99. The molecule has 0 bridgehead atoms. The van der Waals surface area contributed by atoms with Crippen molar-refractivity contribution in [2.45, 2.75) is 118 Å². The third-order valence-corrected chi connectivity index (χ3v) is 13.8. The Labute approximate surface area is 272 Å². The van der Waals surface area contributed by atoms with E-state index in [-0.39, 0.29) is 5.78 Å². The predicted molar refractivity (Wildman–Crippen MR) is 185 cm³/mol. The van der Waals surface area contributed by atoms with Crippen LogP contribution in [0.3, 0.4) is 0 Å². The van der Waals surface area contributed by atoms with Crippen LogP contribution in [0.15, 0.2) is 72.8 Å². The molecule has 1 aromatic heterocycles. The molecule has 4 aliphatic carbocycles. The number of fused-ring (bicyclic) bond motifs is 6. The first-order valence-electron chi connectivity index (χ1n) is 18.4. The maximum atomic E-state index is 13.2. The van der Waals surface area contributed by atoms with Crippen LogP contribution < -0.4 is 4.57 Å². The highest BCUT2D eigenvalue weighted by Crippen LogP contribution is 2.67. The van der Waals surface area contributed by atoms with Gasteiger partial charge < -0.3 is 0 Å². The van der Waals surface area contributed by atoms with Crippen LogP contribution >= 0.6 is 0 Å². The Morgan fingerprint density at radius 2 is 1.78 bits per heavy atom. The zero-order valence-electron chi connectivity index (χ0n) is 28.7. The van der Waals surface area contributed by atoms with E-state index in [1.807, 2.05) is 24.3 Å². The molecule has 0 radical (unpaired) electrons. The average molecular weight is 606 g/mol. The highest BCUT2D eigenvalue weighted by atomic mass is 16.1. The number of allylic oxidation sites excluding steroid dienone is 2. The number of carbonyl (C=O) groups excluding carboxylic acids is 1. The van der Waals surface area contributed by atoms with Crippen molar-refractivity contribution in [2.75, 3.05) is 0 Å². The molecule has 0 aliphatic heterocycles. The number of hydrogen-bond donors (Lipinski definition) is 0. The Balaban J connectivity index is 1.01. The Morgan fingerprint density at radius 3 is 2.60 bits per heavy atom. The summed E-state index contributed by atoms with van der Waals surface area (Å²) in [5, 5.41) is 2.30. The van der Waals surface area contributed by atoms with E-state index in [9.17, 15) is 4.79 Å². The van der Waals surface area contributed by atoms with Crippen molar-refractivity contribution in [2.24, 2.45) is 46.3 Å². The summed E-state index contributed by atoms with van der Waals surface area (Å²) >= 11 is 0. The van der Waals surface area contributed by atoms with Gasteiger partial charge in [-0.15, -0.1) is 0 Å². The van der Waals surface area contributed by atoms with Crippen molar-refractivity contribution in [1.29, 1.82) is 0 Å². The molecule has 240 valence electrons. The Kier molecular flexibility index (Phi) is 8.36. The van der Waals surface area contributed by atoms with Crippen molar-refractivity contribution >= 4 is 16.6 Å². The lowest BCUT2D eigenvalue weighted by Gasteiger charge is -2.58. The number of carbonyl (C=O) groups is 1. The Hall–Kier alpha value is -2.68. The molecule has 3 heteroatoms. The van der Waals surface area contributed by atoms with Crippen LogP contribution in [0.4, 0.5) is 0 Å². The molecule has 2 aromatic carbocycles. The summed E-state index contributed by atoms with van der Waals surface area (Å²) in [4.78, 5) is 13.2. The minimum Gasteiger partial charge on any atom is -0.290 e. The predicted octanol–water partition coefficient (Wildman–Crippen LogP) is 10.4. The second-order valence-corrected chi connectivity index (χ2v) is 16.7. The van der Waals surface area contributed by atoms with Gasteiger partial charge in [-0.25, -0.2) is 9.13 Å². The van der Waals surface area contributed by atoms with E-state index >= 15 is 0 Å². The first-order valence-corrected chi connectivity index (χ1v) is 18.4. The Bertz CT molecular complexity index is 1560. The first-order chi connectivity index (χ1) is 21.7. The third kappa shape index (κ3) is 5.65. The van der Waals surface area contributed by atoms with Gasteiger partial charge in [0.1, 0.15) is 18.4 Å². The van der Waals surface area contributed by atoms with E-state index < -0.39 is 0 Å². The van der Waals surface area contributed by atoms with E-state index in [2.05, 4.69) is 86.7 Å². The topological polar surface area (TPSA) is 25.9 Å². The molecular weight excluding hydrogens is 548 g/mol. The molecule has 3 aromatic rings. The smallest absolute Gasteiger partial charge is 0.244 e. The summed E-state index contributed by atoms with van der Waals surface area (Å²) in [6, 6.07) is 14.8. The van der Waals surface area contributed by atoms with Crippen molar-refractivity contribution < 1.29 is 9.36 Å². The zero-order chi connectivity index (χ0) is 31.3. The number of Topliss-reactive ketones (excluding diaryl/α,β-unsaturated/α-hetero) is 1. The maximum Gasteiger partial charge on any atom is 0.244 e. The van der Waals surface area contributed by atoms with Crippen LogP contribution in [0.2, 0.25) is 0 Å². The SMILES string of the molecule is CC(C)CCC[C@@H](C)[C@H]1CC[C@H]2[C@@H]3CC=C4C[C@@H](n5cc[n+](CC(=O)c6ccc7ccccc7c6)c5)CC[C@]4(C)[C@H]3CC[C@]12C. The fourth-order valence-corrected chi connectivity index (χ4v) is 11.3. The van der Waals surface area contributed by atoms with Crippen molar-refractivity contribution in [3.05, 3.63) is 78.4 Å². The van der Waals surface area contributed by atoms with Gasteiger partial charge in [0.05, 0.1) is 0 Å². The number of benzene rings is 2. The van der Waals surface area contributed by atoms with Crippen LogP contribution in [0, 0.1) is 46.3 Å². The minimum absolute atomic E-state index is 0.171. The molecule has 3 saturated carbocycles. The largest absolute Gasteiger partial charge is 0.290 e. The fraction of sp³-hybridized carbons (Fsp3) is 0.619. The van der Waals surface area contributed by atoms with Gasteiger partial charge in [0.25, 0.3) is 0 Å². The molecule has 0 amide bonds. The summed E-state index contributed by atoms with van der Waals surface area (Å²) < 4.78 is 4.49. The normalized spacial score (nSPS) is 33.4. The first kappa shape index (κ1) is 30.9. The number of nitrogens with zero attached hydrogens (tertiary/aromatic N) is 2. The van der Waals surface area contributed by atoms with Gasteiger partial charge in [-0.3, -0.25) is 4.79 Å². The third-order valence-electron chi connectivity index (χ3n) is 13.8. The quantitative estimate of drug-likeness (QED) is 0.135. The lowest BCUT2D eigenvalue weighted by atomic mass is 9.47. The zero-order valence-corrected chi connectivity index (χ0v) is 28.7. The number of ketones is 1. The van der Waals surface area contributed by atoms with E-state index in [4.69, 9.17) is 0 Å². The van der Waals surface area contributed by atoms with Crippen molar-refractivity contribution in [3.63, 3.8) is 0 Å². The van der Waals surface area contributed by atoms with Gasteiger partial charge >= 0.3 is 0 Å². The van der Waals surface area contributed by atoms with E-state index in [0.717, 1.165) is 46.5 Å². The van der Waals surface area contributed by atoms with Gasteiger partial charge in [0.2, 0.25) is 12.1 Å². The van der Waals surface area contributed by atoms with Crippen LogP contribution in [-0.4, -0.2) is 10.4 Å². The number of hydrogen-bond acceptors (Lipinski definition) is 1. The molecule has 45 heavy (non-hydrogen) atoms. The van der Waals surface area contributed by atoms with Crippen LogP contribution in [-0.2, 0) is 6.54 Å². The molecule has 4 aliphatic rings. The Morgan fingerprint density at radius 1 is 0.956 bits per heavy atom. The summed E-state index contributed by atoms with van der Waals surface area (Å²) in [5.41, 5.74) is 3.46. The van der Waals surface area contributed by atoms with E-state index in [0.29, 0.717) is 23.4 Å². The molecule has 7 rings (SSSR count).